The van der Waals surface area contributed by atoms with Crippen LogP contribution in [0.3, 0.4) is 0 Å². The number of benzene rings is 3. The van der Waals surface area contributed by atoms with Crippen LogP contribution in [-0.4, -0.2) is 31.4 Å². The molecule has 3 aromatic carbocycles. The van der Waals surface area contributed by atoms with Crippen molar-refractivity contribution in [3.8, 4) is 5.75 Å². The molecule has 0 radical (unpaired) electrons. The molecule has 0 bridgehead atoms. The average molecular weight is 421 g/mol. The lowest BCUT2D eigenvalue weighted by molar-refractivity contribution is -0.113. The monoisotopic (exact) mass is 420 g/mol. The van der Waals surface area contributed by atoms with Crippen LogP contribution in [0, 0.1) is 0 Å². The number of rotatable bonds is 4. The zero-order valence-corrected chi connectivity index (χ0v) is 18.0. The van der Waals surface area contributed by atoms with E-state index in [-0.39, 0.29) is 5.91 Å². The second-order valence-electron chi connectivity index (χ2n) is 6.83. The second kappa shape index (κ2) is 7.89. The number of carbonyl (C=O) groups is 1. The minimum Gasteiger partial charge on any atom is -0.496 e. The molecule has 0 spiro atoms. The molecule has 3 aromatic rings. The fourth-order valence-corrected chi connectivity index (χ4v) is 4.60. The van der Waals surface area contributed by atoms with Crippen LogP contribution < -0.4 is 14.5 Å². The van der Waals surface area contributed by atoms with E-state index in [1.165, 1.54) is 11.8 Å². The van der Waals surface area contributed by atoms with E-state index in [9.17, 15) is 4.79 Å². The van der Waals surface area contributed by atoms with Crippen molar-refractivity contribution in [3.05, 3.63) is 71.1 Å². The Labute approximate surface area is 179 Å². The van der Waals surface area contributed by atoms with E-state index in [4.69, 9.17) is 17.0 Å². The summed E-state index contributed by atoms with van der Waals surface area (Å²) < 4.78 is 6.08. The van der Waals surface area contributed by atoms with E-state index >= 15 is 0 Å². The lowest BCUT2D eigenvalue weighted by Gasteiger charge is -2.17. The Morgan fingerprint density at radius 2 is 1.76 bits per heavy atom. The van der Waals surface area contributed by atoms with Crippen molar-refractivity contribution in [2.75, 3.05) is 31.0 Å². The Balaban J connectivity index is 1.74. The zero-order valence-electron chi connectivity index (χ0n) is 16.4. The predicted molar refractivity (Wildman–Crippen MR) is 127 cm³/mol. The average Bonchev–Trinajstić information content (AvgIpc) is 3.01. The number of fused-ring (bicyclic) bond motifs is 1. The van der Waals surface area contributed by atoms with Gasteiger partial charge in [-0.2, -0.15) is 0 Å². The van der Waals surface area contributed by atoms with Gasteiger partial charge in [0.25, 0.3) is 5.91 Å². The van der Waals surface area contributed by atoms with Gasteiger partial charge in [-0.1, -0.05) is 54.3 Å². The first-order valence-electron chi connectivity index (χ1n) is 9.10. The highest BCUT2D eigenvalue weighted by molar-refractivity contribution is 8.27. The fourth-order valence-electron chi connectivity index (χ4n) is 3.32. The molecule has 29 heavy (non-hydrogen) atoms. The van der Waals surface area contributed by atoms with Crippen molar-refractivity contribution in [2.45, 2.75) is 0 Å². The van der Waals surface area contributed by atoms with Crippen molar-refractivity contribution in [2.24, 2.45) is 0 Å². The molecular weight excluding hydrogens is 400 g/mol. The largest absolute Gasteiger partial charge is 0.496 e. The van der Waals surface area contributed by atoms with Gasteiger partial charge in [-0.3, -0.25) is 9.69 Å². The number of hydrogen-bond acceptors (Lipinski definition) is 5. The highest BCUT2D eigenvalue weighted by Gasteiger charge is 2.33. The number of hydrogen-bond donors (Lipinski definition) is 0. The summed E-state index contributed by atoms with van der Waals surface area (Å²) in [6.07, 6.45) is 1.88. The lowest BCUT2D eigenvalue weighted by atomic mass is 10.0. The molecule has 1 aliphatic rings. The number of nitrogens with zero attached hydrogens (tertiary/aromatic N) is 2. The van der Waals surface area contributed by atoms with Gasteiger partial charge in [0.1, 0.15) is 5.75 Å². The Hall–Kier alpha value is -2.83. The van der Waals surface area contributed by atoms with Crippen molar-refractivity contribution < 1.29 is 9.53 Å². The number of anilines is 2. The molecule has 146 valence electrons. The molecule has 0 N–H and O–H groups in total. The zero-order chi connectivity index (χ0) is 20.5. The van der Waals surface area contributed by atoms with Crippen molar-refractivity contribution in [3.63, 3.8) is 0 Å². The minimum atomic E-state index is -0.118. The van der Waals surface area contributed by atoms with Gasteiger partial charge in [0.15, 0.2) is 4.32 Å². The summed E-state index contributed by atoms with van der Waals surface area (Å²) in [7, 11) is 5.60. The number of ether oxygens (including phenoxy) is 1. The first-order chi connectivity index (χ1) is 14.0. The normalized spacial score (nSPS) is 15.4. The molecule has 0 aromatic heterocycles. The topological polar surface area (TPSA) is 32.8 Å². The molecule has 4 nitrogen and oxygen atoms in total. The van der Waals surface area contributed by atoms with Crippen LogP contribution in [0.2, 0.25) is 0 Å². The van der Waals surface area contributed by atoms with Crippen LogP contribution in [-0.2, 0) is 4.79 Å². The van der Waals surface area contributed by atoms with Crippen LogP contribution >= 0.6 is 24.0 Å². The summed E-state index contributed by atoms with van der Waals surface area (Å²) in [5, 5.41) is 2.13. The van der Waals surface area contributed by atoms with E-state index in [0.717, 1.165) is 33.5 Å². The lowest BCUT2D eigenvalue weighted by Crippen LogP contribution is -2.27. The molecule has 0 saturated carbocycles. The smallest absolute Gasteiger partial charge is 0.270 e. The van der Waals surface area contributed by atoms with Crippen LogP contribution in [0.5, 0.6) is 5.75 Å². The second-order valence-corrected chi connectivity index (χ2v) is 8.51. The van der Waals surface area contributed by atoms with Gasteiger partial charge < -0.3 is 9.64 Å². The Kier molecular flexibility index (Phi) is 5.30. The van der Waals surface area contributed by atoms with Gasteiger partial charge in [-0.25, -0.2) is 0 Å². The third-order valence-electron chi connectivity index (χ3n) is 4.84. The molecule has 4 rings (SSSR count). The summed E-state index contributed by atoms with van der Waals surface area (Å²) in [6, 6.07) is 19.8. The number of thioether (sulfide) groups is 1. The maximum absolute atomic E-state index is 13.2. The molecule has 6 heteroatoms. The molecule has 1 aliphatic heterocycles. The molecule has 1 heterocycles. The minimum absolute atomic E-state index is 0.118. The fraction of sp³-hybridized carbons (Fsp3) is 0.130. The summed E-state index contributed by atoms with van der Waals surface area (Å²) in [5.41, 5.74) is 2.72. The Morgan fingerprint density at radius 3 is 2.45 bits per heavy atom. The number of amides is 1. The third-order valence-corrected chi connectivity index (χ3v) is 6.15. The van der Waals surface area contributed by atoms with E-state index in [1.807, 2.05) is 85.7 Å². The van der Waals surface area contributed by atoms with Gasteiger partial charge >= 0.3 is 0 Å². The van der Waals surface area contributed by atoms with Gasteiger partial charge in [0.05, 0.1) is 17.7 Å². The first kappa shape index (κ1) is 19.5. The molecule has 0 atom stereocenters. The molecule has 0 unspecified atom stereocenters. The third kappa shape index (κ3) is 3.61. The van der Waals surface area contributed by atoms with Crippen molar-refractivity contribution in [1.29, 1.82) is 0 Å². The highest BCUT2D eigenvalue weighted by atomic mass is 32.2. The van der Waals surface area contributed by atoms with E-state index in [0.29, 0.717) is 9.23 Å². The van der Waals surface area contributed by atoms with Crippen LogP contribution in [0.25, 0.3) is 16.8 Å². The Bertz CT molecular complexity index is 1140. The Morgan fingerprint density at radius 1 is 1.03 bits per heavy atom. The van der Waals surface area contributed by atoms with E-state index in [1.54, 1.807) is 12.0 Å². The SMILES string of the molecule is COc1ccc2ccccc2c1C=C1SC(=S)N(c2ccc(N(C)C)cc2)C1=O. The van der Waals surface area contributed by atoms with E-state index < -0.39 is 0 Å². The number of thiocarbonyl (C=S) groups is 1. The van der Waals surface area contributed by atoms with E-state index in [2.05, 4.69) is 0 Å². The van der Waals surface area contributed by atoms with Gasteiger partial charge in [-0.05, 0) is 47.2 Å². The van der Waals surface area contributed by atoms with Gasteiger partial charge in [0.2, 0.25) is 0 Å². The highest BCUT2D eigenvalue weighted by Crippen LogP contribution is 2.39. The van der Waals surface area contributed by atoms with Crippen molar-refractivity contribution in [1.82, 2.24) is 0 Å². The molecule has 1 saturated heterocycles. The standard InChI is InChI=1S/C23H20N2O2S2/c1-24(2)16-9-11-17(12-10-16)25-22(26)21(29-23(25)28)14-19-18-7-5-4-6-15(18)8-13-20(19)27-3/h4-14H,1-3H3. The quantitative estimate of drug-likeness (QED) is 0.421. The molecule has 1 amide bonds. The van der Waals surface area contributed by atoms with Crippen LogP contribution in [0.15, 0.2) is 65.6 Å². The summed E-state index contributed by atoms with van der Waals surface area (Å²) in [4.78, 5) is 17.4. The van der Waals surface area contributed by atoms with Gasteiger partial charge in [-0.15, -0.1) is 0 Å². The van der Waals surface area contributed by atoms with Gasteiger partial charge in [0, 0.05) is 25.3 Å². The van der Waals surface area contributed by atoms with Crippen LogP contribution in [0.4, 0.5) is 11.4 Å². The summed E-state index contributed by atoms with van der Waals surface area (Å²) in [5.74, 6) is 0.608. The molecular formula is C23H20N2O2S2. The summed E-state index contributed by atoms with van der Waals surface area (Å²) >= 11 is 6.83. The maximum atomic E-state index is 13.2. The van der Waals surface area contributed by atoms with Crippen molar-refractivity contribution >= 4 is 62.4 Å². The summed E-state index contributed by atoms with van der Waals surface area (Å²) in [6.45, 7) is 0. The molecule has 0 aliphatic carbocycles. The number of carbonyl (C=O) groups excluding carboxylic acids is 1. The molecule has 1 fully saturated rings. The maximum Gasteiger partial charge on any atom is 0.270 e. The van der Waals surface area contributed by atoms with Crippen LogP contribution in [0.1, 0.15) is 5.56 Å². The predicted octanol–water partition coefficient (Wildman–Crippen LogP) is 5.32. The first-order valence-corrected chi connectivity index (χ1v) is 10.3. The number of methoxy groups -OCH3 is 1.